The van der Waals surface area contributed by atoms with Crippen LogP contribution >= 0.6 is 0 Å². The summed E-state index contributed by atoms with van der Waals surface area (Å²) in [5.41, 5.74) is 6.61. The van der Waals surface area contributed by atoms with Gasteiger partial charge in [0.15, 0.2) is 0 Å². The van der Waals surface area contributed by atoms with Crippen LogP contribution < -0.4 is 5.73 Å². The fourth-order valence-corrected chi connectivity index (χ4v) is 2.83. The highest BCUT2D eigenvalue weighted by molar-refractivity contribution is 5.21. The molecular weight excluding hydrogens is 232 g/mol. The minimum Gasteiger partial charge on any atom is -0.325 e. The maximum atomic E-state index is 13.7. The maximum Gasteiger partial charge on any atom is 0.129 e. The Hall–Kier alpha value is -0.960. The zero-order valence-electron chi connectivity index (χ0n) is 10.9. The van der Waals surface area contributed by atoms with E-state index < -0.39 is 11.6 Å². The molecule has 2 unspecified atom stereocenters. The first kappa shape index (κ1) is 13.5. The first-order chi connectivity index (χ1) is 8.48. The van der Waals surface area contributed by atoms with Gasteiger partial charge >= 0.3 is 0 Å². The molecule has 0 saturated heterocycles. The Kier molecular flexibility index (Phi) is 4.00. The summed E-state index contributed by atoms with van der Waals surface area (Å²) in [5, 5.41) is 0. The highest BCUT2D eigenvalue weighted by Gasteiger charge is 2.29. The summed E-state index contributed by atoms with van der Waals surface area (Å²) in [6, 6.07) is 3.77. The molecule has 0 bridgehead atoms. The van der Waals surface area contributed by atoms with E-state index in [2.05, 4.69) is 6.92 Å². The third kappa shape index (κ3) is 3.29. The largest absolute Gasteiger partial charge is 0.325 e. The summed E-state index contributed by atoms with van der Waals surface area (Å²) < 4.78 is 26.5. The van der Waals surface area contributed by atoms with Gasteiger partial charge in [0.25, 0.3) is 0 Å². The Morgan fingerprint density at radius 1 is 1.28 bits per heavy atom. The fraction of sp³-hybridized carbons (Fsp3) is 0.600. The lowest BCUT2D eigenvalue weighted by Gasteiger charge is -2.28. The lowest BCUT2D eigenvalue weighted by Crippen LogP contribution is -2.41. The van der Waals surface area contributed by atoms with Crippen molar-refractivity contribution >= 4 is 0 Å². The molecule has 1 nitrogen and oxygen atoms in total. The zero-order chi connectivity index (χ0) is 13.2. The van der Waals surface area contributed by atoms with Gasteiger partial charge in [-0.15, -0.1) is 0 Å². The average molecular weight is 253 g/mol. The van der Waals surface area contributed by atoms with Crippen LogP contribution in [0.5, 0.6) is 0 Å². The molecule has 1 saturated carbocycles. The predicted molar refractivity (Wildman–Crippen MR) is 69.2 cm³/mol. The van der Waals surface area contributed by atoms with Gasteiger partial charge in [0.2, 0.25) is 0 Å². The predicted octanol–water partition coefficient (Wildman–Crippen LogP) is 3.81. The van der Waals surface area contributed by atoms with Crippen LogP contribution in [0, 0.1) is 17.6 Å². The van der Waals surface area contributed by atoms with E-state index in [0.717, 1.165) is 31.7 Å². The second kappa shape index (κ2) is 5.35. The molecule has 2 atom stereocenters. The second-order valence-corrected chi connectivity index (χ2v) is 5.81. The molecule has 1 fully saturated rings. The molecule has 1 aromatic rings. The molecule has 1 aliphatic carbocycles. The monoisotopic (exact) mass is 253 g/mol. The normalized spacial score (nSPS) is 29.0. The van der Waals surface area contributed by atoms with Crippen molar-refractivity contribution in [1.82, 2.24) is 0 Å². The molecule has 0 spiro atoms. The average Bonchev–Trinajstić information content (AvgIpc) is 2.46. The second-order valence-electron chi connectivity index (χ2n) is 5.81. The molecule has 0 aromatic heterocycles. The Morgan fingerprint density at radius 3 is 2.78 bits per heavy atom. The van der Waals surface area contributed by atoms with Gasteiger partial charge in [-0.1, -0.05) is 25.8 Å². The number of nitrogens with two attached hydrogens (primary N) is 1. The van der Waals surface area contributed by atoms with Crippen LogP contribution in [0.25, 0.3) is 0 Å². The standard InChI is InChI=1S/C15H21F2N/c1-11-3-2-7-15(18,8-6-11)10-12-4-5-13(16)9-14(12)17/h4-5,9,11H,2-3,6-8,10,18H2,1H3. The molecule has 1 aromatic carbocycles. The van der Waals surface area contributed by atoms with E-state index in [1.165, 1.54) is 18.6 Å². The van der Waals surface area contributed by atoms with E-state index in [4.69, 9.17) is 5.73 Å². The van der Waals surface area contributed by atoms with Crippen molar-refractivity contribution in [3.8, 4) is 0 Å². The van der Waals surface area contributed by atoms with Gasteiger partial charge in [0.1, 0.15) is 11.6 Å². The van der Waals surface area contributed by atoms with E-state index in [9.17, 15) is 8.78 Å². The summed E-state index contributed by atoms with van der Waals surface area (Å²) >= 11 is 0. The van der Waals surface area contributed by atoms with Gasteiger partial charge in [0, 0.05) is 11.6 Å². The van der Waals surface area contributed by atoms with Crippen molar-refractivity contribution in [1.29, 1.82) is 0 Å². The van der Waals surface area contributed by atoms with Crippen LogP contribution in [0.15, 0.2) is 18.2 Å². The lowest BCUT2D eigenvalue weighted by atomic mass is 9.84. The molecule has 0 radical (unpaired) electrons. The van der Waals surface area contributed by atoms with Crippen molar-refractivity contribution < 1.29 is 8.78 Å². The van der Waals surface area contributed by atoms with Crippen molar-refractivity contribution in [3.63, 3.8) is 0 Å². The third-order valence-electron chi connectivity index (χ3n) is 4.06. The van der Waals surface area contributed by atoms with Gasteiger partial charge < -0.3 is 5.73 Å². The quantitative estimate of drug-likeness (QED) is 0.797. The van der Waals surface area contributed by atoms with E-state index in [0.29, 0.717) is 17.9 Å². The Morgan fingerprint density at radius 2 is 2.06 bits per heavy atom. The molecular formula is C15H21F2N. The van der Waals surface area contributed by atoms with Gasteiger partial charge in [-0.25, -0.2) is 8.78 Å². The topological polar surface area (TPSA) is 26.0 Å². The Balaban J connectivity index is 2.11. The minimum absolute atomic E-state index is 0.330. The van der Waals surface area contributed by atoms with Crippen molar-refractivity contribution in [2.24, 2.45) is 11.7 Å². The molecule has 2 rings (SSSR count). The molecule has 0 heterocycles. The highest BCUT2D eigenvalue weighted by atomic mass is 19.1. The van der Waals surface area contributed by atoms with E-state index in [1.807, 2.05) is 0 Å². The summed E-state index contributed by atoms with van der Waals surface area (Å²) in [4.78, 5) is 0. The zero-order valence-corrected chi connectivity index (χ0v) is 10.9. The van der Waals surface area contributed by atoms with Crippen molar-refractivity contribution in [2.75, 3.05) is 0 Å². The van der Waals surface area contributed by atoms with Crippen LogP contribution in [0.3, 0.4) is 0 Å². The van der Waals surface area contributed by atoms with Gasteiger partial charge in [-0.05, 0) is 43.2 Å². The summed E-state index contributed by atoms with van der Waals surface area (Å²) in [7, 11) is 0. The van der Waals surface area contributed by atoms with Crippen LogP contribution in [0.4, 0.5) is 8.78 Å². The minimum atomic E-state index is -0.531. The summed E-state index contributed by atoms with van der Waals surface area (Å²) in [6.45, 7) is 2.24. The molecule has 0 aliphatic heterocycles. The van der Waals surface area contributed by atoms with E-state index in [-0.39, 0.29) is 5.54 Å². The number of hydrogen-bond donors (Lipinski definition) is 1. The highest BCUT2D eigenvalue weighted by Crippen LogP contribution is 2.31. The van der Waals surface area contributed by atoms with Crippen molar-refractivity contribution in [3.05, 3.63) is 35.4 Å². The Labute approximate surface area is 107 Å². The molecule has 0 amide bonds. The molecule has 2 N–H and O–H groups in total. The number of hydrogen-bond acceptors (Lipinski definition) is 1. The smallest absolute Gasteiger partial charge is 0.129 e. The first-order valence-electron chi connectivity index (χ1n) is 6.71. The summed E-state index contributed by atoms with van der Waals surface area (Å²) in [6.07, 6.45) is 5.75. The van der Waals surface area contributed by atoms with Crippen LogP contribution in [0.2, 0.25) is 0 Å². The fourth-order valence-electron chi connectivity index (χ4n) is 2.83. The number of rotatable bonds is 2. The number of halogens is 2. The molecule has 3 heteroatoms. The summed E-state index contributed by atoms with van der Waals surface area (Å²) in [5.74, 6) is -0.303. The molecule has 18 heavy (non-hydrogen) atoms. The third-order valence-corrected chi connectivity index (χ3v) is 4.06. The van der Waals surface area contributed by atoms with Crippen LogP contribution in [0.1, 0.15) is 44.6 Å². The molecule has 1 aliphatic rings. The van der Waals surface area contributed by atoms with Gasteiger partial charge in [-0.3, -0.25) is 0 Å². The van der Waals surface area contributed by atoms with Crippen LogP contribution in [-0.2, 0) is 6.42 Å². The van der Waals surface area contributed by atoms with Crippen LogP contribution in [-0.4, -0.2) is 5.54 Å². The SMILES string of the molecule is CC1CCCC(N)(Cc2ccc(F)cc2F)CC1. The number of benzene rings is 1. The maximum absolute atomic E-state index is 13.7. The molecule has 100 valence electrons. The van der Waals surface area contributed by atoms with E-state index >= 15 is 0 Å². The lowest BCUT2D eigenvalue weighted by molar-refractivity contribution is 0.358. The Bertz CT molecular complexity index is 419. The van der Waals surface area contributed by atoms with E-state index in [1.54, 1.807) is 0 Å². The van der Waals surface area contributed by atoms with Gasteiger partial charge in [-0.2, -0.15) is 0 Å². The van der Waals surface area contributed by atoms with Gasteiger partial charge in [0.05, 0.1) is 0 Å². The first-order valence-corrected chi connectivity index (χ1v) is 6.71. The van der Waals surface area contributed by atoms with Crippen molar-refractivity contribution in [2.45, 2.75) is 51.0 Å².